The molecule has 4 aromatic rings. The average molecular weight is 459 g/mol. The van der Waals surface area contributed by atoms with Crippen molar-refractivity contribution in [1.29, 1.82) is 0 Å². The molecule has 1 N–H and O–H groups in total. The van der Waals surface area contributed by atoms with Crippen molar-refractivity contribution in [3.05, 3.63) is 54.2 Å². The summed E-state index contributed by atoms with van der Waals surface area (Å²) in [7, 11) is 1.65. The molecule has 0 radical (unpaired) electrons. The Labute approximate surface area is 192 Å². The molecule has 31 heavy (non-hydrogen) atoms. The van der Waals surface area contributed by atoms with E-state index in [2.05, 4.69) is 23.7 Å². The summed E-state index contributed by atoms with van der Waals surface area (Å²) in [4.78, 5) is 25.7. The van der Waals surface area contributed by atoms with Crippen molar-refractivity contribution in [3.63, 3.8) is 0 Å². The van der Waals surface area contributed by atoms with Crippen LogP contribution in [0.3, 0.4) is 0 Å². The third-order valence-corrected chi connectivity index (χ3v) is 6.46. The van der Waals surface area contributed by atoms with Gasteiger partial charge in [0.1, 0.15) is 5.75 Å². The zero-order valence-electron chi connectivity index (χ0n) is 17.9. The number of rotatable bonds is 8. The fraction of sp³-hybridized carbons (Fsp3) is 0.304. The molecule has 0 fully saturated rings. The number of nitrogens with one attached hydrogen (secondary N) is 1. The van der Waals surface area contributed by atoms with Crippen molar-refractivity contribution in [1.82, 2.24) is 14.9 Å². The number of amides is 1. The molecule has 164 valence electrons. The Morgan fingerprint density at radius 2 is 1.90 bits per heavy atom. The second-order valence-electron chi connectivity index (χ2n) is 7.06. The topological polar surface area (TPSA) is 61.5 Å². The van der Waals surface area contributed by atoms with E-state index in [-0.39, 0.29) is 18.3 Å². The number of H-pyrrole nitrogens is 1. The molecule has 0 atom stereocenters. The lowest BCUT2D eigenvalue weighted by Crippen LogP contribution is -2.38. The van der Waals surface area contributed by atoms with Crippen LogP contribution in [-0.2, 0) is 0 Å². The molecule has 4 rings (SSSR count). The quantitative estimate of drug-likeness (QED) is 0.394. The maximum atomic E-state index is 13.6. The van der Waals surface area contributed by atoms with E-state index in [0.717, 1.165) is 46.5 Å². The van der Waals surface area contributed by atoms with E-state index in [9.17, 15) is 4.79 Å². The number of aromatic amines is 1. The summed E-state index contributed by atoms with van der Waals surface area (Å²) >= 11 is 1.52. The number of carbonyl (C=O) groups excluding carboxylic acids is 1. The van der Waals surface area contributed by atoms with E-state index in [1.54, 1.807) is 13.3 Å². The lowest BCUT2D eigenvalue weighted by molar-refractivity contribution is 0.0985. The number of para-hydroxylation sites is 1. The highest BCUT2D eigenvalue weighted by Crippen LogP contribution is 2.33. The fourth-order valence-electron chi connectivity index (χ4n) is 3.59. The molecule has 6 nitrogen and oxygen atoms in total. The molecule has 0 saturated heterocycles. The number of hydrogen-bond acceptors (Lipinski definition) is 5. The van der Waals surface area contributed by atoms with Crippen LogP contribution in [0, 0.1) is 0 Å². The first-order chi connectivity index (χ1) is 14.6. The molecule has 0 aliphatic carbocycles. The Morgan fingerprint density at radius 3 is 2.65 bits per heavy atom. The molecule has 0 bridgehead atoms. The minimum Gasteiger partial charge on any atom is -0.497 e. The van der Waals surface area contributed by atoms with E-state index < -0.39 is 0 Å². The third kappa shape index (κ3) is 4.69. The van der Waals surface area contributed by atoms with Crippen molar-refractivity contribution >= 4 is 55.9 Å². The van der Waals surface area contributed by atoms with E-state index in [1.165, 1.54) is 11.3 Å². The number of thiazole rings is 1. The summed E-state index contributed by atoms with van der Waals surface area (Å²) in [6.45, 7) is 7.54. The van der Waals surface area contributed by atoms with E-state index in [4.69, 9.17) is 9.72 Å². The number of ether oxygens (including phenoxy) is 1. The SMILES string of the molecule is CCN(CC)CCN(C(=O)c1c[nH]c2ccccc12)c1nc2ccc(OC)cc2s1.Cl. The molecule has 0 unspecified atom stereocenters. The van der Waals surface area contributed by atoms with Crippen molar-refractivity contribution in [2.75, 3.05) is 38.2 Å². The lowest BCUT2D eigenvalue weighted by Gasteiger charge is -2.24. The predicted octanol–water partition coefficient (Wildman–Crippen LogP) is 5.20. The Bertz CT molecular complexity index is 1170. The van der Waals surface area contributed by atoms with Crippen molar-refractivity contribution < 1.29 is 9.53 Å². The molecule has 8 heteroatoms. The zero-order valence-corrected chi connectivity index (χ0v) is 19.6. The Morgan fingerprint density at radius 1 is 1.13 bits per heavy atom. The Balaban J connectivity index is 0.00000272. The smallest absolute Gasteiger partial charge is 0.262 e. The Hall–Kier alpha value is -2.61. The molecule has 0 saturated carbocycles. The molecule has 2 aromatic carbocycles. The van der Waals surface area contributed by atoms with Gasteiger partial charge in [0.2, 0.25) is 0 Å². The first kappa shape index (κ1) is 23.1. The molecule has 0 aliphatic rings. The number of aromatic nitrogens is 2. The molecule has 0 aliphatic heterocycles. The minimum absolute atomic E-state index is 0. The highest BCUT2D eigenvalue weighted by atomic mass is 35.5. The second kappa shape index (κ2) is 10.1. The first-order valence-electron chi connectivity index (χ1n) is 10.2. The third-order valence-electron chi connectivity index (χ3n) is 5.41. The predicted molar refractivity (Wildman–Crippen MR) is 131 cm³/mol. The van der Waals surface area contributed by atoms with Crippen LogP contribution in [0.1, 0.15) is 24.2 Å². The van der Waals surface area contributed by atoms with E-state index >= 15 is 0 Å². The zero-order chi connectivity index (χ0) is 21.1. The van der Waals surface area contributed by atoms with Crippen LogP contribution < -0.4 is 9.64 Å². The van der Waals surface area contributed by atoms with Gasteiger partial charge in [0.15, 0.2) is 5.13 Å². The molecule has 2 aromatic heterocycles. The number of benzene rings is 2. The van der Waals surface area contributed by atoms with Gasteiger partial charge in [-0.3, -0.25) is 9.69 Å². The number of halogens is 1. The van der Waals surface area contributed by atoms with Gasteiger partial charge in [-0.1, -0.05) is 43.4 Å². The van der Waals surface area contributed by atoms with Gasteiger partial charge in [0, 0.05) is 30.2 Å². The number of anilines is 1. The highest BCUT2D eigenvalue weighted by Gasteiger charge is 2.24. The minimum atomic E-state index is -0.0365. The van der Waals surface area contributed by atoms with Crippen molar-refractivity contribution in [2.24, 2.45) is 0 Å². The second-order valence-corrected chi connectivity index (χ2v) is 8.07. The van der Waals surface area contributed by atoms with Gasteiger partial charge in [-0.15, -0.1) is 12.4 Å². The maximum absolute atomic E-state index is 13.6. The van der Waals surface area contributed by atoms with Gasteiger partial charge in [-0.2, -0.15) is 0 Å². The number of carbonyl (C=O) groups is 1. The number of methoxy groups -OCH3 is 1. The van der Waals surface area contributed by atoms with Crippen LogP contribution in [0.2, 0.25) is 0 Å². The number of nitrogens with zero attached hydrogens (tertiary/aromatic N) is 3. The fourth-order valence-corrected chi connectivity index (χ4v) is 4.61. The van der Waals surface area contributed by atoms with Crippen molar-refractivity contribution in [2.45, 2.75) is 13.8 Å². The molecule has 1 amide bonds. The standard InChI is InChI=1S/C23H26N4O2S.ClH/c1-4-26(5-2)12-13-27(22(28)18-15-24-19-9-7-6-8-17(18)19)23-25-20-11-10-16(29-3)14-21(20)30-23;/h6-11,14-15,24H,4-5,12-13H2,1-3H3;1H. The maximum Gasteiger partial charge on any atom is 0.262 e. The molecule has 2 heterocycles. The number of hydrogen-bond donors (Lipinski definition) is 1. The highest BCUT2D eigenvalue weighted by molar-refractivity contribution is 7.22. The van der Waals surface area contributed by atoms with Crippen LogP contribution in [0.15, 0.2) is 48.7 Å². The van der Waals surface area contributed by atoms with Crippen molar-refractivity contribution in [3.8, 4) is 5.75 Å². The first-order valence-corrected chi connectivity index (χ1v) is 11.0. The summed E-state index contributed by atoms with van der Waals surface area (Å²) in [5.41, 5.74) is 2.50. The molecular formula is C23H27ClN4O2S. The summed E-state index contributed by atoms with van der Waals surface area (Å²) in [6, 6.07) is 13.7. The average Bonchev–Trinajstić information content (AvgIpc) is 3.40. The van der Waals surface area contributed by atoms with Gasteiger partial charge < -0.3 is 14.6 Å². The van der Waals surface area contributed by atoms with Gasteiger partial charge in [0.05, 0.1) is 22.9 Å². The largest absolute Gasteiger partial charge is 0.497 e. The number of fused-ring (bicyclic) bond motifs is 2. The van der Waals surface area contributed by atoms with E-state index in [1.807, 2.05) is 47.4 Å². The normalized spacial score (nSPS) is 11.1. The van der Waals surface area contributed by atoms with Crippen LogP contribution in [-0.4, -0.2) is 54.1 Å². The van der Waals surface area contributed by atoms with Crippen LogP contribution >= 0.6 is 23.7 Å². The number of likely N-dealkylation sites (N-methyl/N-ethyl adjacent to an activating group) is 1. The van der Waals surface area contributed by atoms with Gasteiger partial charge in [-0.25, -0.2) is 4.98 Å². The van der Waals surface area contributed by atoms with Gasteiger partial charge in [-0.05, 0) is 37.4 Å². The van der Waals surface area contributed by atoms with Crippen LogP contribution in [0.5, 0.6) is 5.75 Å². The summed E-state index contributed by atoms with van der Waals surface area (Å²) < 4.78 is 6.35. The molecule has 0 spiro atoms. The van der Waals surface area contributed by atoms with Crippen LogP contribution in [0.25, 0.3) is 21.1 Å². The molecular weight excluding hydrogens is 432 g/mol. The lowest BCUT2D eigenvalue weighted by atomic mass is 10.1. The summed E-state index contributed by atoms with van der Waals surface area (Å²) in [6.07, 6.45) is 1.80. The Kier molecular flexibility index (Phi) is 7.54. The van der Waals surface area contributed by atoms with E-state index in [0.29, 0.717) is 17.2 Å². The summed E-state index contributed by atoms with van der Waals surface area (Å²) in [5.74, 6) is 0.751. The van der Waals surface area contributed by atoms with Gasteiger partial charge >= 0.3 is 0 Å². The summed E-state index contributed by atoms with van der Waals surface area (Å²) in [5, 5.41) is 1.64. The monoisotopic (exact) mass is 458 g/mol. The van der Waals surface area contributed by atoms with Gasteiger partial charge in [0.25, 0.3) is 5.91 Å². The van der Waals surface area contributed by atoms with Crippen LogP contribution in [0.4, 0.5) is 5.13 Å².